The van der Waals surface area contributed by atoms with Gasteiger partial charge >= 0.3 is 0 Å². The second-order valence-corrected chi connectivity index (χ2v) is 5.03. The summed E-state index contributed by atoms with van der Waals surface area (Å²) in [5.74, 6) is 0.839. The first kappa shape index (κ1) is 11.4. The van der Waals surface area contributed by atoms with E-state index < -0.39 is 0 Å². The Morgan fingerprint density at radius 1 is 1.33 bits per heavy atom. The van der Waals surface area contributed by atoms with Crippen LogP contribution in [0.15, 0.2) is 0 Å². The monoisotopic (exact) mass is 212 g/mol. The van der Waals surface area contributed by atoms with Crippen molar-refractivity contribution in [3.8, 4) is 0 Å². The van der Waals surface area contributed by atoms with Crippen LogP contribution >= 0.6 is 0 Å². The van der Waals surface area contributed by atoms with Crippen LogP contribution in [0.3, 0.4) is 0 Å². The number of hydrogen-bond donors (Lipinski definition) is 1. The average molecular weight is 212 g/mol. The highest BCUT2D eigenvalue weighted by Crippen LogP contribution is 2.30. The second kappa shape index (κ2) is 5.28. The lowest BCUT2D eigenvalue weighted by molar-refractivity contribution is -0.0474. The molecule has 1 saturated heterocycles. The van der Waals surface area contributed by atoms with Gasteiger partial charge in [-0.05, 0) is 32.9 Å². The molecular weight excluding hydrogens is 188 g/mol. The molecule has 0 spiro atoms. The molecule has 2 unspecified atom stereocenters. The Kier molecular flexibility index (Phi) is 4.00. The Morgan fingerprint density at radius 2 is 2.07 bits per heavy atom. The van der Waals surface area contributed by atoms with Crippen molar-refractivity contribution in [3.05, 3.63) is 0 Å². The van der Waals surface area contributed by atoms with E-state index in [2.05, 4.69) is 24.3 Å². The van der Waals surface area contributed by atoms with Gasteiger partial charge in [-0.1, -0.05) is 12.8 Å². The van der Waals surface area contributed by atoms with Gasteiger partial charge in [-0.15, -0.1) is 0 Å². The smallest absolute Gasteiger partial charge is 0.0857 e. The summed E-state index contributed by atoms with van der Waals surface area (Å²) < 4.78 is 5.91. The zero-order valence-corrected chi connectivity index (χ0v) is 10.0. The van der Waals surface area contributed by atoms with Crippen LogP contribution in [-0.4, -0.2) is 50.8 Å². The lowest BCUT2D eigenvalue weighted by Gasteiger charge is -2.37. The zero-order chi connectivity index (χ0) is 10.7. The van der Waals surface area contributed by atoms with Gasteiger partial charge in [-0.25, -0.2) is 0 Å². The molecule has 2 rings (SSSR count). The summed E-state index contributed by atoms with van der Waals surface area (Å²) in [6.45, 7) is 3.06. The molecule has 15 heavy (non-hydrogen) atoms. The lowest BCUT2D eigenvalue weighted by Crippen LogP contribution is -2.52. The third-order valence-corrected chi connectivity index (χ3v) is 3.94. The quantitative estimate of drug-likeness (QED) is 0.758. The molecule has 0 aromatic carbocycles. The molecule has 3 heteroatoms. The number of nitrogens with one attached hydrogen (secondary N) is 1. The molecular formula is C12H24N2O. The van der Waals surface area contributed by atoms with E-state index in [1.165, 1.54) is 25.7 Å². The van der Waals surface area contributed by atoms with Crippen molar-refractivity contribution < 1.29 is 4.74 Å². The molecule has 0 radical (unpaired) electrons. The Balaban J connectivity index is 1.92. The van der Waals surface area contributed by atoms with E-state index >= 15 is 0 Å². The number of nitrogens with zero attached hydrogens (tertiary/aromatic N) is 1. The van der Waals surface area contributed by atoms with E-state index in [1.807, 2.05) is 0 Å². The summed E-state index contributed by atoms with van der Waals surface area (Å²) in [5.41, 5.74) is 0. The van der Waals surface area contributed by atoms with Crippen molar-refractivity contribution in [1.29, 1.82) is 0 Å². The zero-order valence-electron chi connectivity index (χ0n) is 10.0. The van der Waals surface area contributed by atoms with Gasteiger partial charge < -0.3 is 15.0 Å². The minimum absolute atomic E-state index is 0.400. The van der Waals surface area contributed by atoms with Crippen molar-refractivity contribution in [2.45, 2.75) is 37.8 Å². The first-order valence-electron chi connectivity index (χ1n) is 6.28. The van der Waals surface area contributed by atoms with E-state index in [4.69, 9.17) is 4.74 Å². The van der Waals surface area contributed by atoms with E-state index in [0.29, 0.717) is 12.1 Å². The van der Waals surface area contributed by atoms with Gasteiger partial charge in [-0.3, -0.25) is 0 Å². The molecule has 0 bridgehead atoms. The van der Waals surface area contributed by atoms with Gasteiger partial charge in [0.2, 0.25) is 0 Å². The molecule has 2 aliphatic rings. The van der Waals surface area contributed by atoms with Gasteiger partial charge in [0.15, 0.2) is 0 Å². The molecule has 1 saturated carbocycles. The Labute approximate surface area is 93.2 Å². The lowest BCUT2D eigenvalue weighted by atomic mass is 9.92. The topological polar surface area (TPSA) is 24.5 Å². The maximum Gasteiger partial charge on any atom is 0.0857 e. The fourth-order valence-corrected chi connectivity index (χ4v) is 3.07. The Morgan fingerprint density at radius 3 is 2.67 bits per heavy atom. The summed E-state index contributed by atoms with van der Waals surface area (Å²) in [6.07, 6.45) is 5.98. The van der Waals surface area contributed by atoms with Crippen molar-refractivity contribution in [3.63, 3.8) is 0 Å². The molecule has 2 fully saturated rings. The maximum atomic E-state index is 5.91. The summed E-state index contributed by atoms with van der Waals surface area (Å²) in [4.78, 5) is 2.38. The fourth-order valence-electron chi connectivity index (χ4n) is 3.07. The molecule has 1 heterocycles. The summed E-state index contributed by atoms with van der Waals surface area (Å²) in [5, 5.41) is 3.48. The van der Waals surface area contributed by atoms with Crippen LogP contribution < -0.4 is 5.32 Å². The highest BCUT2D eigenvalue weighted by Gasteiger charge is 2.33. The largest absolute Gasteiger partial charge is 0.374 e. The minimum Gasteiger partial charge on any atom is -0.374 e. The van der Waals surface area contributed by atoms with Crippen molar-refractivity contribution in [1.82, 2.24) is 10.2 Å². The SMILES string of the molecule is CNC(C1CCCC1)C1CN(C)CCO1. The van der Waals surface area contributed by atoms with E-state index in [1.54, 1.807) is 0 Å². The molecule has 2 atom stereocenters. The van der Waals surface area contributed by atoms with Gasteiger partial charge in [0.1, 0.15) is 0 Å². The minimum atomic E-state index is 0.400. The number of hydrogen-bond acceptors (Lipinski definition) is 3. The molecule has 1 aliphatic heterocycles. The number of ether oxygens (including phenoxy) is 1. The summed E-state index contributed by atoms with van der Waals surface area (Å²) in [7, 11) is 4.28. The molecule has 1 N–H and O–H groups in total. The van der Waals surface area contributed by atoms with Crippen molar-refractivity contribution in [2.24, 2.45) is 5.92 Å². The summed E-state index contributed by atoms with van der Waals surface area (Å²) in [6, 6.07) is 0.565. The Hall–Kier alpha value is -0.120. The van der Waals surface area contributed by atoms with Crippen LogP contribution in [0.4, 0.5) is 0 Å². The maximum absolute atomic E-state index is 5.91. The molecule has 0 amide bonds. The third-order valence-electron chi connectivity index (χ3n) is 3.94. The van der Waals surface area contributed by atoms with Gasteiger partial charge in [0, 0.05) is 19.1 Å². The predicted octanol–water partition coefficient (Wildman–Crippen LogP) is 1.10. The Bertz CT molecular complexity index is 192. The van der Waals surface area contributed by atoms with Crippen LogP contribution in [0.2, 0.25) is 0 Å². The van der Waals surface area contributed by atoms with Crippen LogP contribution in [-0.2, 0) is 4.74 Å². The van der Waals surface area contributed by atoms with Gasteiger partial charge in [0.05, 0.1) is 12.7 Å². The predicted molar refractivity (Wildman–Crippen MR) is 62.0 cm³/mol. The highest BCUT2D eigenvalue weighted by atomic mass is 16.5. The molecule has 88 valence electrons. The van der Waals surface area contributed by atoms with E-state index in [0.717, 1.165) is 25.6 Å². The van der Waals surface area contributed by atoms with Crippen LogP contribution in [0.25, 0.3) is 0 Å². The average Bonchev–Trinajstić information content (AvgIpc) is 2.72. The molecule has 0 aromatic heterocycles. The van der Waals surface area contributed by atoms with E-state index in [-0.39, 0.29) is 0 Å². The third kappa shape index (κ3) is 2.71. The standard InChI is InChI=1S/C12H24N2O/c1-13-12(10-5-3-4-6-10)11-9-14(2)7-8-15-11/h10-13H,3-9H2,1-2H3. The molecule has 0 aromatic rings. The fraction of sp³-hybridized carbons (Fsp3) is 1.00. The number of morpholine rings is 1. The highest BCUT2D eigenvalue weighted by molar-refractivity contribution is 4.88. The van der Waals surface area contributed by atoms with Crippen molar-refractivity contribution in [2.75, 3.05) is 33.8 Å². The van der Waals surface area contributed by atoms with Crippen LogP contribution in [0, 0.1) is 5.92 Å². The number of rotatable bonds is 3. The molecule has 3 nitrogen and oxygen atoms in total. The first-order chi connectivity index (χ1) is 7.31. The van der Waals surface area contributed by atoms with Crippen LogP contribution in [0.5, 0.6) is 0 Å². The van der Waals surface area contributed by atoms with Gasteiger partial charge in [0.25, 0.3) is 0 Å². The van der Waals surface area contributed by atoms with Gasteiger partial charge in [-0.2, -0.15) is 0 Å². The first-order valence-corrected chi connectivity index (χ1v) is 6.28. The van der Waals surface area contributed by atoms with Crippen LogP contribution in [0.1, 0.15) is 25.7 Å². The normalized spacial score (nSPS) is 32.0. The van der Waals surface area contributed by atoms with Crippen molar-refractivity contribution >= 4 is 0 Å². The second-order valence-electron chi connectivity index (χ2n) is 5.03. The number of likely N-dealkylation sites (N-methyl/N-ethyl adjacent to an activating group) is 2. The summed E-state index contributed by atoms with van der Waals surface area (Å²) >= 11 is 0. The molecule has 1 aliphatic carbocycles. The van der Waals surface area contributed by atoms with E-state index in [9.17, 15) is 0 Å².